The zero-order valence-electron chi connectivity index (χ0n) is 11.0. The molecular formula is C14H17F3N2. The number of nitrogens with zero attached hydrogens (tertiary/aromatic N) is 1. The van der Waals surface area contributed by atoms with Gasteiger partial charge in [0.05, 0.1) is 16.8 Å². The summed E-state index contributed by atoms with van der Waals surface area (Å²) in [6.45, 7) is 4.87. The Morgan fingerprint density at radius 3 is 2.53 bits per heavy atom. The summed E-state index contributed by atoms with van der Waals surface area (Å²) in [5.41, 5.74) is -0.310. The Labute approximate surface area is 111 Å². The van der Waals surface area contributed by atoms with Crippen molar-refractivity contribution in [1.82, 2.24) is 0 Å². The Hall–Kier alpha value is -1.70. The van der Waals surface area contributed by atoms with Crippen molar-refractivity contribution in [3.05, 3.63) is 29.3 Å². The van der Waals surface area contributed by atoms with Gasteiger partial charge in [0, 0.05) is 6.54 Å². The molecule has 0 heterocycles. The quantitative estimate of drug-likeness (QED) is 0.804. The minimum absolute atomic E-state index is 0.0272. The van der Waals surface area contributed by atoms with Crippen molar-refractivity contribution < 1.29 is 13.2 Å². The number of nitriles is 1. The second kappa shape index (κ2) is 6.46. The summed E-state index contributed by atoms with van der Waals surface area (Å²) in [5, 5.41) is 11.9. The highest BCUT2D eigenvalue weighted by Crippen LogP contribution is 2.31. The maximum absolute atomic E-state index is 12.5. The van der Waals surface area contributed by atoms with E-state index in [1.54, 1.807) is 6.07 Å². The van der Waals surface area contributed by atoms with Crippen LogP contribution in [0.5, 0.6) is 0 Å². The highest BCUT2D eigenvalue weighted by atomic mass is 19.4. The van der Waals surface area contributed by atoms with Gasteiger partial charge >= 0.3 is 6.18 Å². The third kappa shape index (κ3) is 4.82. The standard InChI is InChI=1S/C14H17F3N2/c1-10(2)4-3-7-19-13-6-5-12(14(15,16)17)8-11(13)9-18/h5-6,8,10,19H,3-4,7H2,1-2H3. The third-order valence-electron chi connectivity index (χ3n) is 2.74. The molecule has 0 atom stereocenters. The van der Waals surface area contributed by atoms with E-state index < -0.39 is 11.7 Å². The maximum Gasteiger partial charge on any atom is 0.416 e. The van der Waals surface area contributed by atoms with Gasteiger partial charge in [-0.1, -0.05) is 13.8 Å². The van der Waals surface area contributed by atoms with Crippen LogP contribution in [0.3, 0.4) is 0 Å². The minimum atomic E-state index is -4.41. The Morgan fingerprint density at radius 2 is 2.00 bits per heavy atom. The number of nitrogens with one attached hydrogen (secondary N) is 1. The van der Waals surface area contributed by atoms with E-state index >= 15 is 0 Å². The molecule has 0 spiro atoms. The summed E-state index contributed by atoms with van der Waals surface area (Å²) in [6.07, 6.45) is -2.46. The number of alkyl halides is 3. The Balaban J connectivity index is 2.72. The molecule has 2 nitrogen and oxygen atoms in total. The summed E-state index contributed by atoms with van der Waals surface area (Å²) in [7, 11) is 0. The van der Waals surface area contributed by atoms with Crippen LogP contribution in [0.15, 0.2) is 18.2 Å². The topological polar surface area (TPSA) is 35.8 Å². The van der Waals surface area contributed by atoms with Crippen molar-refractivity contribution in [1.29, 1.82) is 5.26 Å². The van der Waals surface area contributed by atoms with Crippen LogP contribution in [0.4, 0.5) is 18.9 Å². The predicted octanol–water partition coefficient (Wildman–Crippen LogP) is 4.43. The van der Waals surface area contributed by atoms with E-state index in [4.69, 9.17) is 5.26 Å². The maximum atomic E-state index is 12.5. The molecule has 0 bridgehead atoms. The molecule has 1 aromatic rings. The highest BCUT2D eigenvalue weighted by molar-refractivity contribution is 5.58. The third-order valence-corrected chi connectivity index (χ3v) is 2.74. The molecule has 19 heavy (non-hydrogen) atoms. The summed E-state index contributed by atoms with van der Waals surface area (Å²) >= 11 is 0. The van der Waals surface area contributed by atoms with Crippen LogP contribution in [-0.2, 0) is 6.18 Å². The van der Waals surface area contributed by atoms with Crippen LogP contribution < -0.4 is 5.32 Å². The lowest BCUT2D eigenvalue weighted by Crippen LogP contribution is -2.08. The lowest BCUT2D eigenvalue weighted by molar-refractivity contribution is -0.137. The zero-order valence-corrected chi connectivity index (χ0v) is 11.0. The summed E-state index contributed by atoms with van der Waals surface area (Å²) in [5.74, 6) is 0.588. The average molecular weight is 270 g/mol. The molecule has 1 rings (SSSR count). The second-order valence-corrected chi connectivity index (χ2v) is 4.83. The Kier molecular flexibility index (Phi) is 5.22. The summed E-state index contributed by atoms with van der Waals surface area (Å²) in [6, 6.07) is 4.98. The van der Waals surface area contributed by atoms with E-state index in [1.807, 2.05) is 0 Å². The first-order valence-electron chi connectivity index (χ1n) is 6.20. The van der Waals surface area contributed by atoms with E-state index in [-0.39, 0.29) is 5.56 Å². The summed E-state index contributed by atoms with van der Waals surface area (Å²) in [4.78, 5) is 0. The second-order valence-electron chi connectivity index (χ2n) is 4.83. The van der Waals surface area contributed by atoms with Crippen molar-refractivity contribution in [3.8, 4) is 6.07 Å². The molecule has 0 aliphatic rings. The fourth-order valence-corrected chi connectivity index (χ4v) is 1.70. The minimum Gasteiger partial charge on any atom is -0.384 e. The number of hydrogen-bond acceptors (Lipinski definition) is 2. The van der Waals surface area contributed by atoms with Crippen LogP contribution in [0.25, 0.3) is 0 Å². The molecule has 0 saturated carbocycles. The van der Waals surface area contributed by atoms with Gasteiger partial charge in [0.15, 0.2) is 0 Å². The monoisotopic (exact) mass is 270 g/mol. The fourth-order valence-electron chi connectivity index (χ4n) is 1.70. The van der Waals surface area contributed by atoms with E-state index in [9.17, 15) is 13.2 Å². The van der Waals surface area contributed by atoms with E-state index in [0.717, 1.165) is 25.0 Å². The van der Waals surface area contributed by atoms with Gasteiger partial charge in [-0.25, -0.2) is 0 Å². The van der Waals surface area contributed by atoms with Crippen molar-refractivity contribution in [2.24, 2.45) is 5.92 Å². The van der Waals surface area contributed by atoms with E-state index in [0.29, 0.717) is 18.2 Å². The zero-order chi connectivity index (χ0) is 14.5. The first-order valence-corrected chi connectivity index (χ1v) is 6.20. The molecule has 0 unspecified atom stereocenters. The molecule has 104 valence electrons. The number of benzene rings is 1. The first-order chi connectivity index (χ1) is 8.84. The van der Waals surface area contributed by atoms with Crippen LogP contribution >= 0.6 is 0 Å². The van der Waals surface area contributed by atoms with Gasteiger partial charge in [0.2, 0.25) is 0 Å². The smallest absolute Gasteiger partial charge is 0.384 e. The largest absolute Gasteiger partial charge is 0.416 e. The lowest BCUT2D eigenvalue weighted by atomic mass is 10.1. The number of hydrogen-bond donors (Lipinski definition) is 1. The van der Waals surface area contributed by atoms with Gasteiger partial charge < -0.3 is 5.32 Å². The SMILES string of the molecule is CC(C)CCCNc1ccc(C(F)(F)F)cc1C#N. The number of rotatable bonds is 5. The van der Waals surface area contributed by atoms with Crippen LogP contribution in [-0.4, -0.2) is 6.54 Å². The van der Waals surface area contributed by atoms with E-state index in [1.165, 1.54) is 6.07 Å². The molecule has 0 amide bonds. The van der Waals surface area contributed by atoms with E-state index in [2.05, 4.69) is 19.2 Å². The number of halogens is 3. The average Bonchev–Trinajstić information content (AvgIpc) is 2.33. The molecular weight excluding hydrogens is 253 g/mol. The predicted molar refractivity (Wildman–Crippen MR) is 68.7 cm³/mol. The van der Waals surface area contributed by atoms with Gasteiger partial charge in [0.1, 0.15) is 6.07 Å². The van der Waals surface area contributed by atoms with Crippen molar-refractivity contribution in [3.63, 3.8) is 0 Å². The summed E-state index contributed by atoms with van der Waals surface area (Å²) < 4.78 is 37.5. The van der Waals surface area contributed by atoms with Crippen LogP contribution in [0.2, 0.25) is 0 Å². The van der Waals surface area contributed by atoms with Gasteiger partial charge in [-0.3, -0.25) is 0 Å². The molecule has 0 saturated heterocycles. The normalized spacial score (nSPS) is 11.4. The molecule has 5 heteroatoms. The molecule has 0 aliphatic carbocycles. The Bertz CT molecular complexity index is 459. The van der Waals surface area contributed by atoms with Gasteiger partial charge in [0.25, 0.3) is 0 Å². The molecule has 1 N–H and O–H groups in total. The van der Waals surface area contributed by atoms with Gasteiger partial charge in [-0.2, -0.15) is 18.4 Å². The van der Waals surface area contributed by atoms with Crippen molar-refractivity contribution >= 4 is 5.69 Å². The molecule has 0 aliphatic heterocycles. The van der Waals surface area contributed by atoms with Gasteiger partial charge in [-0.15, -0.1) is 0 Å². The van der Waals surface area contributed by atoms with Crippen molar-refractivity contribution in [2.45, 2.75) is 32.9 Å². The molecule has 0 aromatic heterocycles. The molecule has 0 radical (unpaired) electrons. The van der Waals surface area contributed by atoms with Crippen LogP contribution in [0, 0.1) is 17.2 Å². The number of anilines is 1. The fraction of sp³-hybridized carbons (Fsp3) is 0.500. The van der Waals surface area contributed by atoms with Gasteiger partial charge in [-0.05, 0) is 37.0 Å². The lowest BCUT2D eigenvalue weighted by Gasteiger charge is -2.12. The van der Waals surface area contributed by atoms with Crippen molar-refractivity contribution in [2.75, 3.05) is 11.9 Å². The highest BCUT2D eigenvalue weighted by Gasteiger charge is 2.30. The first kappa shape index (κ1) is 15.4. The van der Waals surface area contributed by atoms with Crippen LogP contribution in [0.1, 0.15) is 37.8 Å². The Morgan fingerprint density at radius 1 is 1.32 bits per heavy atom. The molecule has 0 fully saturated rings. The molecule has 1 aromatic carbocycles.